The van der Waals surface area contributed by atoms with Crippen LogP contribution >= 0.6 is 11.8 Å². The number of nitrogens with zero attached hydrogens (tertiary/aromatic N) is 3. The summed E-state index contributed by atoms with van der Waals surface area (Å²) in [7, 11) is 2.08. The van der Waals surface area contributed by atoms with Crippen LogP contribution in [0.15, 0.2) is 48.4 Å². The van der Waals surface area contributed by atoms with E-state index in [1.54, 1.807) is 34.3 Å². The van der Waals surface area contributed by atoms with Gasteiger partial charge in [-0.25, -0.2) is 0 Å². The van der Waals surface area contributed by atoms with Crippen molar-refractivity contribution in [2.24, 2.45) is 0 Å². The highest BCUT2D eigenvalue weighted by atomic mass is 32.2. The summed E-state index contributed by atoms with van der Waals surface area (Å²) in [4.78, 5) is 26.9. The van der Waals surface area contributed by atoms with Crippen LogP contribution in [0.3, 0.4) is 0 Å². The third-order valence-electron chi connectivity index (χ3n) is 6.86. The molecule has 40 heavy (non-hydrogen) atoms. The Morgan fingerprint density at radius 3 is 2.35 bits per heavy atom. The first kappa shape index (κ1) is 35.4. The number of aromatic nitrogens is 2. The Morgan fingerprint density at radius 2 is 1.80 bits per heavy atom. The molecule has 0 bridgehead atoms. The van der Waals surface area contributed by atoms with Crippen LogP contribution in [-0.2, 0) is 17.1 Å². The van der Waals surface area contributed by atoms with E-state index in [-0.39, 0.29) is 5.91 Å². The van der Waals surface area contributed by atoms with E-state index in [4.69, 9.17) is 0 Å². The minimum absolute atomic E-state index is 0.199. The number of hydrogen-bond donors (Lipinski definition) is 1. The standard InChI is InChI=1S/C21H23N3O2S.C10H23N.C2H6/c1-5-6-9-27-12-17-11-19-20(26)24(18-10-15(2)7-8-16(18)3)21(4,14-25)13-23(19)22-17;1-4-6-8-10(11-3)9-7-5-2;1-2/h5-11,14H,1,12-13H2,2-4H3;10-11H,4-9H2,1-3H3;1-2H3/b9-6-;;. The third-order valence-corrected chi connectivity index (χ3v) is 7.67. The Labute approximate surface area is 247 Å². The molecule has 1 aromatic heterocycles. The van der Waals surface area contributed by atoms with Gasteiger partial charge in [-0.1, -0.05) is 84.2 Å². The molecule has 1 aliphatic rings. The number of benzene rings is 1. The van der Waals surface area contributed by atoms with Crippen LogP contribution in [0.25, 0.3) is 0 Å². The van der Waals surface area contributed by atoms with Crippen LogP contribution in [0.4, 0.5) is 5.69 Å². The van der Waals surface area contributed by atoms with Gasteiger partial charge in [0.05, 0.1) is 12.2 Å². The average molecular weight is 569 g/mol. The molecule has 0 spiro atoms. The van der Waals surface area contributed by atoms with Gasteiger partial charge in [-0.3, -0.25) is 14.4 Å². The molecule has 0 radical (unpaired) electrons. The van der Waals surface area contributed by atoms with E-state index in [0.717, 1.165) is 34.8 Å². The summed E-state index contributed by atoms with van der Waals surface area (Å²) in [5, 5.41) is 9.85. The van der Waals surface area contributed by atoms with Crippen LogP contribution in [0, 0.1) is 13.8 Å². The largest absolute Gasteiger partial charge is 0.317 e. The second kappa shape index (κ2) is 18.7. The van der Waals surface area contributed by atoms with Crippen LogP contribution in [0.1, 0.15) is 100 Å². The molecule has 1 atom stereocenters. The zero-order valence-electron chi connectivity index (χ0n) is 26.1. The smallest absolute Gasteiger partial charge is 0.277 e. The maximum atomic E-state index is 13.3. The van der Waals surface area contributed by atoms with Crippen molar-refractivity contribution in [3.63, 3.8) is 0 Å². The van der Waals surface area contributed by atoms with Crippen molar-refractivity contribution >= 4 is 29.6 Å². The molecule has 222 valence electrons. The Bertz CT molecular complexity index is 1090. The van der Waals surface area contributed by atoms with Crippen LogP contribution in [0.5, 0.6) is 0 Å². The molecule has 3 rings (SSSR count). The zero-order valence-corrected chi connectivity index (χ0v) is 26.9. The van der Waals surface area contributed by atoms with Crippen molar-refractivity contribution in [3.05, 3.63) is 70.9 Å². The molecule has 2 aromatic rings. The summed E-state index contributed by atoms with van der Waals surface area (Å²) in [6.07, 6.45) is 12.5. The number of thioether (sulfide) groups is 1. The Balaban J connectivity index is 0.000000520. The predicted molar refractivity (Wildman–Crippen MR) is 173 cm³/mol. The Hall–Kier alpha value is -2.64. The quantitative estimate of drug-likeness (QED) is 0.196. The monoisotopic (exact) mass is 568 g/mol. The van der Waals surface area contributed by atoms with Crippen molar-refractivity contribution < 1.29 is 9.59 Å². The first-order chi connectivity index (χ1) is 19.2. The fourth-order valence-corrected chi connectivity index (χ4v) is 5.20. The summed E-state index contributed by atoms with van der Waals surface area (Å²) in [6.45, 7) is 18.2. The minimum Gasteiger partial charge on any atom is -0.317 e. The van der Waals surface area contributed by atoms with Gasteiger partial charge < -0.3 is 10.1 Å². The highest BCUT2D eigenvalue weighted by Crippen LogP contribution is 2.34. The second-order valence-corrected chi connectivity index (χ2v) is 11.1. The molecule has 7 heteroatoms. The van der Waals surface area contributed by atoms with Gasteiger partial charge in [0.1, 0.15) is 17.5 Å². The lowest BCUT2D eigenvalue weighted by molar-refractivity contribution is -0.112. The molecule has 2 heterocycles. The molecule has 0 aliphatic carbocycles. The number of amides is 1. The van der Waals surface area contributed by atoms with Crippen LogP contribution < -0.4 is 10.2 Å². The lowest BCUT2D eigenvalue weighted by Gasteiger charge is -2.41. The number of carbonyl (C=O) groups excluding carboxylic acids is 2. The number of anilines is 1. The normalized spacial score (nSPS) is 16.2. The molecule has 1 N–H and O–H groups in total. The van der Waals surface area contributed by atoms with Gasteiger partial charge in [0.15, 0.2) is 0 Å². The number of allylic oxidation sites excluding steroid dienone is 2. The van der Waals surface area contributed by atoms with Crippen molar-refractivity contribution in [1.82, 2.24) is 15.1 Å². The number of fused-ring (bicyclic) bond motifs is 1. The number of nitrogens with one attached hydrogen (secondary N) is 1. The maximum absolute atomic E-state index is 13.3. The fraction of sp³-hybridized carbons (Fsp3) is 0.545. The molecule has 6 nitrogen and oxygen atoms in total. The number of carbonyl (C=O) groups is 2. The first-order valence-corrected chi connectivity index (χ1v) is 15.8. The molecule has 0 fully saturated rings. The first-order valence-electron chi connectivity index (χ1n) is 14.8. The average Bonchev–Trinajstić information content (AvgIpc) is 3.37. The van der Waals surface area contributed by atoms with Crippen molar-refractivity contribution in [3.8, 4) is 0 Å². The van der Waals surface area contributed by atoms with Crippen molar-refractivity contribution in [2.75, 3.05) is 11.9 Å². The van der Waals surface area contributed by atoms with Crippen molar-refractivity contribution in [1.29, 1.82) is 0 Å². The number of aldehydes is 1. The SMILES string of the molecule is C=C/C=C\SCc1cc2n(n1)CC(C)(C=O)N(c1cc(C)ccc1C)C2=O.CC.CCCCC(CCCC)NC. The third kappa shape index (κ3) is 10.1. The molecule has 1 aromatic carbocycles. The maximum Gasteiger partial charge on any atom is 0.277 e. The number of hydrogen-bond acceptors (Lipinski definition) is 5. The van der Waals surface area contributed by atoms with Crippen LogP contribution in [0.2, 0.25) is 0 Å². The molecular weight excluding hydrogens is 516 g/mol. The van der Waals surface area contributed by atoms with Crippen LogP contribution in [-0.4, -0.2) is 40.6 Å². The molecule has 0 saturated heterocycles. The van der Waals surface area contributed by atoms with Gasteiger partial charge in [-0.15, -0.1) is 11.8 Å². The molecule has 1 aliphatic heterocycles. The van der Waals surface area contributed by atoms with E-state index < -0.39 is 5.54 Å². The highest BCUT2D eigenvalue weighted by molar-refractivity contribution is 8.01. The fourth-order valence-electron chi connectivity index (χ4n) is 4.57. The van der Waals surface area contributed by atoms with E-state index >= 15 is 0 Å². The predicted octanol–water partition coefficient (Wildman–Crippen LogP) is 8.03. The van der Waals surface area contributed by atoms with E-state index in [2.05, 4.69) is 37.9 Å². The van der Waals surface area contributed by atoms with E-state index in [1.165, 1.54) is 38.5 Å². The summed E-state index contributed by atoms with van der Waals surface area (Å²) >= 11 is 1.58. The Kier molecular flexibility index (Phi) is 16.5. The zero-order chi connectivity index (χ0) is 30.1. The Morgan fingerprint density at radius 1 is 1.15 bits per heavy atom. The van der Waals surface area contributed by atoms with Gasteiger partial charge in [-0.2, -0.15) is 5.10 Å². The van der Waals surface area contributed by atoms with Gasteiger partial charge in [-0.05, 0) is 69.3 Å². The number of rotatable bonds is 13. The lowest BCUT2D eigenvalue weighted by Crippen LogP contribution is -2.58. The lowest BCUT2D eigenvalue weighted by atomic mass is 9.95. The summed E-state index contributed by atoms with van der Waals surface area (Å²) in [6, 6.07) is 8.53. The van der Waals surface area contributed by atoms with Gasteiger partial charge in [0.2, 0.25) is 0 Å². The summed E-state index contributed by atoms with van der Waals surface area (Å²) in [5.74, 6) is 0.453. The minimum atomic E-state index is -0.984. The molecule has 0 saturated carbocycles. The highest BCUT2D eigenvalue weighted by Gasteiger charge is 2.44. The van der Waals surface area contributed by atoms with Crippen molar-refractivity contribution in [2.45, 2.75) is 111 Å². The van der Waals surface area contributed by atoms with E-state index in [9.17, 15) is 9.59 Å². The number of aryl methyl sites for hydroxylation is 2. The van der Waals surface area contributed by atoms with E-state index in [0.29, 0.717) is 18.0 Å². The summed E-state index contributed by atoms with van der Waals surface area (Å²) < 4.78 is 1.66. The van der Waals surface area contributed by atoms with E-state index in [1.807, 2.05) is 63.4 Å². The molecular formula is C33H52N4O2S. The molecule has 1 amide bonds. The summed E-state index contributed by atoms with van der Waals surface area (Å²) in [5.41, 5.74) is 3.11. The second-order valence-electron chi connectivity index (χ2n) is 10.2. The number of unbranched alkanes of at least 4 members (excludes halogenated alkanes) is 2. The van der Waals surface area contributed by atoms with Gasteiger partial charge >= 0.3 is 0 Å². The van der Waals surface area contributed by atoms with Gasteiger partial charge in [0, 0.05) is 17.5 Å². The van der Waals surface area contributed by atoms with Gasteiger partial charge in [0.25, 0.3) is 5.91 Å². The topological polar surface area (TPSA) is 67.2 Å². The molecule has 1 unspecified atom stereocenters.